The molecule has 2 N–H and O–H groups in total. The Morgan fingerprint density at radius 3 is 2.41 bits per heavy atom. The second kappa shape index (κ2) is 7.66. The van der Waals surface area contributed by atoms with E-state index in [0.29, 0.717) is 23.3 Å². The molecule has 1 aliphatic heterocycles. The fourth-order valence-corrected chi connectivity index (χ4v) is 4.11. The molecule has 2 aromatic rings. The first-order chi connectivity index (χ1) is 13.9. The predicted molar refractivity (Wildman–Crippen MR) is 111 cm³/mol. The number of allylic oxidation sites excluding steroid dienone is 3. The molecule has 2 aromatic carbocycles. The number of amides is 1. The summed E-state index contributed by atoms with van der Waals surface area (Å²) >= 11 is 0. The molecule has 1 aliphatic carbocycles. The second-order valence-electron chi connectivity index (χ2n) is 7.64. The molecule has 5 heteroatoms. The molecule has 1 heterocycles. The zero-order chi connectivity index (χ0) is 20.5. The highest BCUT2D eigenvalue weighted by atomic mass is 19.1. The molecule has 1 amide bonds. The van der Waals surface area contributed by atoms with Gasteiger partial charge in [0, 0.05) is 40.6 Å². The minimum absolute atomic E-state index is 0.0870. The maximum Gasteiger partial charge on any atom is 0.254 e. The fraction of sp³-hybridized carbons (Fsp3) is 0.250. The number of carbonyl (C=O) groups is 2. The number of aryl methyl sites for hydroxylation is 1. The van der Waals surface area contributed by atoms with Crippen LogP contribution in [0.15, 0.2) is 71.1 Å². The van der Waals surface area contributed by atoms with Crippen molar-refractivity contribution in [1.29, 1.82) is 0 Å². The van der Waals surface area contributed by atoms with Gasteiger partial charge in [-0.3, -0.25) is 9.59 Å². The van der Waals surface area contributed by atoms with Crippen molar-refractivity contribution in [2.45, 2.75) is 39.0 Å². The summed E-state index contributed by atoms with van der Waals surface area (Å²) in [5.74, 6) is -0.987. The number of nitrogens with one attached hydrogen (secondary N) is 2. The third-order valence-corrected chi connectivity index (χ3v) is 5.53. The normalized spacial score (nSPS) is 19.0. The summed E-state index contributed by atoms with van der Waals surface area (Å²) in [4.78, 5) is 26.1. The van der Waals surface area contributed by atoms with Crippen molar-refractivity contribution in [3.63, 3.8) is 0 Å². The van der Waals surface area contributed by atoms with Crippen LogP contribution in [0.4, 0.5) is 10.1 Å². The lowest BCUT2D eigenvalue weighted by atomic mass is 9.75. The quantitative estimate of drug-likeness (QED) is 0.796. The van der Waals surface area contributed by atoms with Gasteiger partial charge in [-0.15, -0.1) is 0 Å². The average molecular weight is 390 g/mol. The number of rotatable bonds is 3. The van der Waals surface area contributed by atoms with Crippen LogP contribution in [0.2, 0.25) is 0 Å². The van der Waals surface area contributed by atoms with Crippen molar-refractivity contribution in [2.24, 2.45) is 0 Å². The highest BCUT2D eigenvalue weighted by Gasteiger charge is 2.38. The van der Waals surface area contributed by atoms with Gasteiger partial charge in [0.15, 0.2) is 5.78 Å². The molecule has 4 nitrogen and oxygen atoms in total. The van der Waals surface area contributed by atoms with Gasteiger partial charge >= 0.3 is 0 Å². The van der Waals surface area contributed by atoms with Crippen LogP contribution in [0.3, 0.4) is 0 Å². The van der Waals surface area contributed by atoms with Gasteiger partial charge in [0.25, 0.3) is 5.91 Å². The Bertz CT molecular complexity index is 1030. The predicted octanol–water partition coefficient (Wildman–Crippen LogP) is 4.74. The van der Waals surface area contributed by atoms with E-state index < -0.39 is 5.92 Å². The standard InChI is InChI=1S/C24H23FN2O2/c1-14-6-8-16(9-7-14)22-21(24(29)27-18-12-10-17(25)11-13-18)15(2)26-19-4-3-5-20(28)23(19)22/h6-13,22,26H,3-5H2,1-2H3,(H,27,29)/t22-/m1/s1. The SMILES string of the molecule is CC1=C(C(=O)Nc2ccc(F)cc2)[C@@H](c2ccc(C)cc2)C2=C(CCCC2=O)N1. The Balaban J connectivity index is 1.77. The largest absolute Gasteiger partial charge is 0.362 e. The van der Waals surface area contributed by atoms with Gasteiger partial charge in [0.2, 0.25) is 0 Å². The fourth-order valence-electron chi connectivity index (χ4n) is 4.11. The minimum atomic E-state index is -0.417. The van der Waals surface area contributed by atoms with Crippen molar-refractivity contribution in [3.05, 3.63) is 88.0 Å². The van der Waals surface area contributed by atoms with Crippen LogP contribution in [-0.4, -0.2) is 11.7 Å². The monoisotopic (exact) mass is 390 g/mol. The van der Waals surface area contributed by atoms with Crippen LogP contribution in [-0.2, 0) is 9.59 Å². The number of hydrogen-bond acceptors (Lipinski definition) is 3. The van der Waals surface area contributed by atoms with Crippen molar-refractivity contribution >= 4 is 17.4 Å². The molecule has 1 atom stereocenters. The molecule has 2 aliphatic rings. The number of ketones is 1. The van der Waals surface area contributed by atoms with Crippen LogP contribution in [0, 0.1) is 12.7 Å². The highest BCUT2D eigenvalue weighted by molar-refractivity contribution is 6.09. The zero-order valence-corrected chi connectivity index (χ0v) is 16.5. The lowest BCUT2D eigenvalue weighted by Gasteiger charge is -2.34. The molecule has 0 aromatic heterocycles. The number of dihydropyridines is 1. The van der Waals surface area contributed by atoms with Gasteiger partial charge in [-0.1, -0.05) is 29.8 Å². The highest BCUT2D eigenvalue weighted by Crippen LogP contribution is 2.42. The zero-order valence-electron chi connectivity index (χ0n) is 16.5. The third-order valence-electron chi connectivity index (χ3n) is 5.53. The Morgan fingerprint density at radius 2 is 1.72 bits per heavy atom. The Hall–Kier alpha value is -3.21. The number of anilines is 1. The maximum absolute atomic E-state index is 13.3. The van der Waals surface area contributed by atoms with Crippen molar-refractivity contribution < 1.29 is 14.0 Å². The van der Waals surface area contributed by atoms with Crippen LogP contribution >= 0.6 is 0 Å². The van der Waals surface area contributed by atoms with E-state index in [9.17, 15) is 14.0 Å². The molecule has 4 rings (SSSR count). The van der Waals surface area contributed by atoms with E-state index in [1.54, 1.807) is 0 Å². The topological polar surface area (TPSA) is 58.2 Å². The molecule has 0 radical (unpaired) electrons. The van der Waals surface area contributed by atoms with E-state index >= 15 is 0 Å². The third kappa shape index (κ3) is 3.73. The second-order valence-corrected chi connectivity index (χ2v) is 7.64. The molecule has 0 fully saturated rings. The lowest BCUT2D eigenvalue weighted by Crippen LogP contribution is -2.35. The molecule has 148 valence electrons. The molecule has 0 saturated heterocycles. The summed E-state index contributed by atoms with van der Waals surface area (Å²) in [5, 5.41) is 6.16. The van der Waals surface area contributed by atoms with E-state index in [1.807, 2.05) is 38.1 Å². The Morgan fingerprint density at radius 1 is 1.03 bits per heavy atom. The molecule has 29 heavy (non-hydrogen) atoms. The van der Waals surface area contributed by atoms with E-state index in [-0.39, 0.29) is 17.5 Å². The van der Waals surface area contributed by atoms with E-state index in [0.717, 1.165) is 35.4 Å². The van der Waals surface area contributed by atoms with Crippen molar-refractivity contribution in [1.82, 2.24) is 5.32 Å². The Labute approximate surface area is 169 Å². The first-order valence-electron chi connectivity index (χ1n) is 9.81. The lowest BCUT2D eigenvalue weighted by molar-refractivity contribution is -0.116. The van der Waals surface area contributed by atoms with E-state index in [4.69, 9.17) is 0 Å². The smallest absolute Gasteiger partial charge is 0.254 e. The number of carbonyl (C=O) groups excluding carboxylic acids is 2. The summed E-state index contributed by atoms with van der Waals surface area (Å²) in [7, 11) is 0. The minimum Gasteiger partial charge on any atom is -0.362 e. The number of Topliss-reactive ketones (excluding diaryl/α,β-unsaturated/α-hetero) is 1. The summed E-state index contributed by atoms with van der Waals surface area (Å²) in [6.07, 6.45) is 2.11. The van der Waals surface area contributed by atoms with Crippen molar-refractivity contribution in [2.75, 3.05) is 5.32 Å². The Kier molecular flexibility index (Phi) is 5.05. The number of benzene rings is 2. The van der Waals surface area contributed by atoms with Gasteiger partial charge in [-0.05, 0) is 56.5 Å². The summed E-state index contributed by atoms with van der Waals surface area (Å²) < 4.78 is 13.2. The average Bonchev–Trinajstić information content (AvgIpc) is 2.69. The summed E-state index contributed by atoms with van der Waals surface area (Å²) in [6.45, 7) is 3.87. The molecular formula is C24H23FN2O2. The van der Waals surface area contributed by atoms with Gasteiger partial charge < -0.3 is 10.6 Å². The van der Waals surface area contributed by atoms with Gasteiger partial charge in [-0.2, -0.15) is 0 Å². The molecular weight excluding hydrogens is 367 g/mol. The molecule has 0 saturated carbocycles. The summed E-state index contributed by atoms with van der Waals surface area (Å²) in [5.41, 5.74) is 5.41. The van der Waals surface area contributed by atoms with Gasteiger partial charge in [0.1, 0.15) is 5.82 Å². The molecule has 0 bridgehead atoms. The van der Waals surface area contributed by atoms with Crippen LogP contribution in [0.5, 0.6) is 0 Å². The molecule has 0 unspecified atom stereocenters. The van der Waals surface area contributed by atoms with E-state index in [2.05, 4.69) is 10.6 Å². The van der Waals surface area contributed by atoms with E-state index in [1.165, 1.54) is 24.3 Å². The van der Waals surface area contributed by atoms with Crippen molar-refractivity contribution in [3.8, 4) is 0 Å². The first kappa shape index (κ1) is 19.1. The van der Waals surface area contributed by atoms with Crippen LogP contribution in [0.1, 0.15) is 43.2 Å². The van der Waals surface area contributed by atoms with Crippen LogP contribution in [0.25, 0.3) is 0 Å². The number of hydrogen-bond donors (Lipinski definition) is 2. The summed E-state index contributed by atoms with van der Waals surface area (Å²) in [6, 6.07) is 13.6. The molecule has 0 spiro atoms. The van der Waals surface area contributed by atoms with Gasteiger partial charge in [-0.25, -0.2) is 4.39 Å². The number of halogens is 1. The first-order valence-corrected chi connectivity index (χ1v) is 9.81. The van der Waals surface area contributed by atoms with Crippen LogP contribution < -0.4 is 10.6 Å². The van der Waals surface area contributed by atoms with Gasteiger partial charge in [0.05, 0.1) is 0 Å². The maximum atomic E-state index is 13.3.